The van der Waals surface area contributed by atoms with Crippen LogP contribution in [0.1, 0.15) is 4.88 Å². The molecule has 0 radical (unpaired) electrons. The summed E-state index contributed by atoms with van der Waals surface area (Å²) in [7, 11) is 0. The fourth-order valence-electron chi connectivity index (χ4n) is 1.58. The van der Waals surface area contributed by atoms with Crippen molar-refractivity contribution in [3.05, 3.63) is 61.3 Å². The molecule has 1 aromatic heterocycles. The number of hydrogen-bond donors (Lipinski definition) is 1. The van der Waals surface area contributed by atoms with Crippen LogP contribution in [0.15, 0.2) is 30.3 Å². The molecule has 0 saturated heterocycles. The van der Waals surface area contributed by atoms with Gasteiger partial charge in [0.15, 0.2) is 5.82 Å². The highest BCUT2D eigenvalue weighted by molar-refractivity contribution is 7.15. The van der Waals surface area contributed by atoms with Crippen molar-refractivity contribution in [2.24, 2.45) is 0 Å². The van der Waals surface area contributed by atoms with Gasteiger partial charge < -0.3 is 5.32 Å². The Morgan fingerprint density at radius 3 is 2.50 bits per heavy atom. The molecule has 0 atom stereocenters. The molecule has 2 rings (SSSR count). The molecule has 1 aromatic carbocycles. The third-order valence-electron chi connectivity index (χ3n) is 2.46. The number of hydrogen-bond acceptors (Lipinski definition) is 6. The largest absolute Gasteiger partial charge is 0.372 e. The summed E-state index contributed by atoms with van der Waals surface area (Å²) < 4.78 is 13.6. The van der Waals surface area contributed by atoms with Crippen LogP contribution in [0.4, 0.5) is 20.8 Å². The smallest absolute Gasteiger partial charge is 0.324 e. The van der Waals surface area contributed by atoms with Crippen molar-refractivity contribution in [3.8, 4) is 0 Å². The van der Waals surface area contributed by atoms with Crippen molar-refractivity contribution in [1.82, 2.24) is 0 Å². The molecule has 1 heterocycles. The second-order valence-electron chi connectivity index (χ2n) is 3.74. The first-order chi connectivity index (χ1) is 9.49. The standard InChI is InChI=1S/C11H8FN3O4S/c12-8-2-1-3-9(14(16)17)11(8)13-6-7-4-5-10(20-7)15(18)19/h1-5,13H,6H2. The Labute approximate surface area is 116 Å². The van der Waals surface area contributed by atoms with Gasteiger partial charge in [0.05, 0.1) is 9.85 Å². The third-order valence-corrected chi connectivity index (χ3v) is 3.49. The Hall–Kier alpha value is -2.55. The summed E-state index contributed by atoms with van der Waals surface area (Å²) in [5, 5.41) is 23.9. The number of rotatable bonds is 5. The van der Waals surface area contributed by atoms with Gasteiger partial charge in [0.25, 0.3) is 5.69 Å². The van der Waals surface area contributed by atoms with Crippen molar-refractivity contribution in [1.29, 1.82) is 0 Å². The summed E-state index contributed by atoms with van der Waals surface area (Å²) in [5.74, 6) is -0.745. The Balaban J connectivity index is 2.18. The average Bonchev–Trinajstić information content (AvgIpc) is 2.86. The molecule has 104 valence electrons. The highest BCUT2D eigenvalue weighted by Crippen LogP contribution is 2.29. The van der Waals surface area contributed by atoms with Crippen LogP contribution in [-0.4, -0.2) is 9.85 Å². The topological polar surface area (TPSA) is 98.3 Å². The second kappa shape index (κ2) is 5.61. The lowest BCUT2D eigenvalue weighted by molar-refractivity contribution is -0.384. The first kappa shape index (κ1) is 13.9. The van der Waals surface area contributed by atoms with Gasteiger partial charge in [-0.15, -0.1) is 0 Å². The molecule has 20 heavy (non-hydrogen) atoms. The van der Waals surface area contributed by atoms with E-state index < -0.39 is 15.7 Å². The molecule has 9 heteroatoms. The monoisotopic (exact) mass is 297 g/mol. The van der Waals surface area contributed by atoms with Crippen LogP contribution in [0.3, 0.4) is 0 Å². The maximum Gasteiger partial charge on any atom is 0.324 e. The van der Waals surface area contributed by atoms with Crippen molar-refractivity contribution < 1.29 is 14.2 Å². The van der Waals surface area contributed by atoms with Gasteiger partial charge in [-0.3, -0.25) is 20.2 Å². The lowest BCUT2D eigenvalue weighted by Gasteiger charge is -2.06. The van der Waals surface area contributed by atoms with Crippen LogP contribution in [0.5, 0.6) is 0 Å². The number of halogens is 1. The van der Waals surface area contributed by atoms with Gasteiger partial charge in [0, 0.05) is 23.6 Å². The van der Waals surface area contributed by atoms with Gasteiger partial charge in [-0.05, 0) is 12.1 Å². The fourth-order valence-corrected chi connectivity index (χ4v) is 2.33. The zero-order chi connectivity index (χ0) is 14.7. The SMILES string of the molecule is O=[N+]([O-])c1ccc(CNc2c(F)cccc2[N+](=O)[O-])s1. The van der Waals surface area contributed by atoms with Gasteiger partial charge in [-0.25, -0.2) is 4.39 Å². The second-order valence-corrected chi connectivity index (χ2v) is 4.89. The molecule has 0 saturated carbocycles. The van der Waals surface area contributed by atoms with Gasteiger partial charge in [0.2, 0.25) is 0 Å². The summed E-state index contributed by atoms with van der Waals surface area (Å²) in [5.41, 5.74) is -0.607. The summed E-state index contributed by atoms with van der Waals surface area (Å²) in [6.07, 6.45) is 0. The number of nitrogens with one attached hydrogen (secondary N) is 1. The van der Waals surface area contributed by atoms with Crippen LogP contribution < -0.4 is 5.32 Å². The predicted molar refractivity (Wildman–Crippen MR) is 71.4 cm³/mol. The van der Waals surface area contributed by atoms with Crippen LogP contribution in [0, 0.1) is 26.0 Å². The Bertz CT molecular complexity index is 673. The van der Waals surface area contributed by atoms with E-state index in [0.29, 0.717) is 4.88 Å². The van der Waals surface area contributed by atoms with E-state index in [1.807, 2.05) is 0 Å². The van der Waals surface area contributed by atoms with Gasteiger partial charge in [-0.1, -0.05) is 17.4 Å². The quantitative estimate of drug-likeness (QED) is 0.674. The molecule has 0 aliphatic heterocycles. The minimum absolute atomic E-state index is 0.0372. The minimum atomic E-state index is -0.745. The van der Waals surface area contributed by atoms with E-state index in [1.54, 1.807) is 0 Å². The van der Waals surface area contributed by atoms with Crippen LogP contribution >= 0.6 is 11.3 Å². The molecule has 2 aromatic rings. The van der Waals surface area contributed by atoms with Crippen molar-refractivity contribution in [2.75, 3.05) is 5.32 Å². The van der Waals surface area contributed by atoms with E-state index >= 15 is 0 Å². The fraction of sp³-hybridized carbons (Fsp3) is 0.0909. The van der Waals surface area contributed by atoms with Gasteiger partial charge in [-0.2, -0.15) is 0 Å². The maximum absolute atomic E-state index is 13.6. The number of nitro benzene ring substituents is 1. The molecule has 0 aliphatic rings. The number of anilines is 1. The molecular weight excluding hydrogens is 289 g/mol. The van der Waals surface area contributed by atoms with Crippen LogP contribution in [0.2, 0.25) is 0 Å². The van der Waals surface area contributed by atoms with E-state index in [-0.39, 0.29) is 22.9 Å². The van der Waals surface area contributed by atoms with Gasteiger partial charge in [0.1, 0.15) is 5.69 Å². The summed E-state index contributed by atoms with van der Waals surface area (Å²) in [4.78, 5) is 20.7. The van der Waals surface area contributed by atoms with Crippen LogP contribution in [-0.2, 0) is 6.54 Å². The highest BCUT2D eigenvalue weighted by Gasteiger charge is 2.18. The van der Waals surface area contributed by atoms with Crippen molar-refractivity contribution in [3.63, 3.8) is 0 Å². The molecule has 0 unspecified atom stereocenters. The van der Waals surface area contributed by atoms with E-state index in [0.717, 1.165) is 17.4 Å². The average molecular weight is 297 g/mol. The van der Waals surface area contributed by atoms with E-state index in [1.165, 1.54) is 24.3 Å². The van der Waals surface area contributed by atoms with E-state index in [2.05, 4.69) is 5.32 Å². The summed E-state index contributed by atoms with van der Waals surface area (Å²) in [6, 6.07) is 6.38. The number of nitro groups is 2. The molecule has 0 bridgehead atoms. The summed E-state index contributed by atoms with van der Waals surface area (Å²) >= 11 is 0.926. The van der Waals surface area contributed by atoms with Crippen molar-refractivity contribution >= 4 is 27.7 Å². The minimum Gasteiger partial charge on any atom is -0.372 e. The Morgan fingerprint density at radius 2 is 1.90 bits per heavy atom. The lowest BCUT2D eigenvalue weighted by Crippen LogP contribution is -2.03. The first-order valence-corrected chi connectivity index (χ1v) is 6.20. The zero-order valence-corrected chi connectivity index (χ0v) is 10.7. The van der Waals surface area contributed by atoms with E-state index in [4.69, 9.17) is 0 Å². The maximum atomic E-state index is 13.6. The third kappa shape index (κ3) is 2.88. The Morgan fingerprint density at radius 1 is 1.15 bits per heavy atom. The Kier molecular flexibility index (Phi) is 3.89. The molecule has 1 N–H and O–H groups in total. The zero-order valence-electron chi connectivity index (χ0n) is 9.91. The summed E-state index contributed by atoms with van der Waals surface area (Å²) in [6.45, 7) is 0.0697. The van der Waals surface area contributed by atoms with Gasteiger partial charge >= 0.3 is 5.00 Å². The molecule has 0 spiro atoms. The normalized spacial score (nSPS) is 10.2. The number of benzene rings is 1. The molecule has 7 nitrogen and oxygen atoms in total. The lowest BCUT2D eigenvalue weighted by atomic mass is 10.2. The molecule has 0 fully saturated rings. The van der Waals surface area contributed by atoms with Crippen LogP contribution in [0.25, 0.3) is 0 Å². The number of nitrogens with zero attached hydrogens (tertiary/aromatic N) is 2. The van der Waals surface area contributed by atoms with E-state index in [9.17, 15) is 24.6 Å². The highest BCUT2D eigenvalue weighted by atomic mass is 32.1. The molecule has 0 aliphatic carbocycles. The number of para-hydroxylation sites is 1. The molecule has 0 amide bonds. The molecular formula is C11H8FN3O4S. The van der Waals surface area contributed by atoms with Crippen molar-refractivity contribution in [2.45, 2.75) is 6.54 Å². The predicted octanol–water partition coefficient (Wildman–Crippen LogP) is 3.32. The first-order valence-electron chi connectivity index (χ1n) is 5.39. The number of thiophene rings is 1.